The Labute approximate surface area is 80.5 Å². The summed E-state index contributed by atoms with van der Waals surface area (Å²) in [5.41, 5.74) is 2.38. The fourth-order valence-corrected chi connectivity index (χ4v) is 1.18. The number of benzene rings is 1. The van der Waals surface area contributed by atoms with Gasteiger partial charge in [0.2, 0.25) is 0 Å². The first kappa shape index (κ1) is 9.97. The molecule has 13 heavy (non-hydrogen) atoms. The third-order valence-corrected chi connectivity index (χ3v) is 2.05. The van der Waals surface area contributed by atoms with Crippen LogP contribution in [-0.2, 0) is 0 Å². The van der Waals surface area contributed by atoms with Crippen molar-refractivity contribution in [2.75, 3.05) is 6.54 Å². The van der Waals surface area contributed by atoms with E-state index in [1.165, 1.54) is 18.4 Å². The molecule has 0 atom stereocenters. The molecular weight excluding hydrogens is 158 g/mol. The van der Waals surface area contributed by atoms with Crippen LogP contribution in [0.2, 0.25) is 0 Å². The van der Waals surface area contributed by atoms with Gasteiger partial charge in [0.15, 0.2) is 0 Å². The molecule has 0 N–H and O–H groups in total. The van der Waals surface area contributed by atoms with Crippen molar-refractivity contribution in [1.82, 2.24) is 0 Å². The standard InChI is InChI=1S/C12H17N/c1-3-4-10-13-11(2)12-8-6-5-7-9-12/h5-9H,3-4,10H2,1-2H3/b13-11-. The highest BCUT2D eigenvalue weighted by molar-refractivity contribution is 5.98. The number of aliphatic imine (C=N–C) groups is 1. The number of hydrogen-bond acceptors (Lipinski definition) is 1. The molecule has 70 valence electrons. The Kier molecular flexibility index (Phi) is 4.24. The molecule has 0 spiro atoms. The minimum atomic E-state index is 0.956. The van der Waals surface area contributed by atoms with Crippen LogP contribution in [0.15, 0.2) is 35.3 Å². The number of rotatable bonds is 4. The summed E-state index contributed by atoms with van der Waals surface area (Å²) in [5, 5.41) is 0. The Morgan fingerprint density at radius 1 is 1.23 bits per heavy atom. The van der Waals surface area contributed by atoms with Crippen molar-refractivity contribution in [3.63, 3.8) is 0 Å². The molecule has 1 rings (SSSR count). The molecule has 0 radical (unpaired) electrons. The summed E-state index contributed by atoms with van der Waals surface area (Å²) < 4.78 is 0. The van der Waals surface area contributed by atoms with Crippen LogP contribution in [0.1, 0.15) is 32.3 Å². The lowest BCUT2D eigenvalue weighted by Crippen LogP contribution is -1.95. The maximum Gasteiger partial charge on any atom is 0.0392 e. The molecule has 1 aromatic carbocycles. The Morgan fingerprint density at radius 2 is 1.92 bits per heavy atom. The highest BCUT2D eigenvalue weighted by Crippen LogP contribution is 2.01. The van der Waals surface area contributed by atoms with Crippen LogP contribution in [0.4, 0.5) is 0 Å². The highest BCUT2D eigenvalue weighted by Gasteiger charge is 1.93. The normalized spacial score (nSPS) is 11.7. The van der Waals surface area contributed by atoms with E-state index in [2.05, 4.69) is 31.0 Å². The first-order chi connectivity index (χ1) is 6.34. The second-order valence-electron chi connectivity index (χ2n) is 3.19. The zero-order valence-corrected chi connectivity index (χ0v) is 8.46. The van der Waals surface area contributed by atoms with Gasteiger partial charge in [0.25, 0.3) is 0 Å². The monoisotopic (exact) mass is 175 g/mol. The fraction of sp³-hybridized carbons (Fsp3) is 0.417. The summed E-state index contributed by atoms with van der Waals surface area (Å²) in [7, 11) is 0. The van der Waals surface area contributed by atoms with Gasteiger partial charge in [-0.3, -0.25) is 4.99 Å². The first-order valence-corrected chi connectivity index (χ1v) is 4.91. The van der Waals surface area contributed by atoms with Crippen molar-refractivity contribution in [2.24, 2.45) is 4.99 Å². The lowest BCUT2D eigenvalue weighted by atomic mass is 10.1. The molecule has 1 nitrogen and oxygen atoms in total. The van der Waals surface area contributed by atoms with Gasteiger partial charge in [-0.05, 0) is 18.9 Å². The summed E-state index contributed by atoms with van der Waals surface area (Å²) in [6.45, 7) is 5.22. The van der Waals surface area contributed by atoms with Crippen LogP contribution >= 0.6 is 0 Å². The van der Waals surface area contributed by atoms with Gasteiger partial charge in [-0.25, -0.2) is 0 Å². The second-order valence-corrected chi connectivity index (χ2v) is 3.19. The molecule has 0 fully saturated rings. The number of hydrogen-bond donors (Lipinski definition) is 0. The Hall–Kier alpha value is -1.11. The van der Waals surface area contributed by atoms with Gasteiger partial charge in [-0.2, -0.15) is 0 Å². The van der Waals surface area contributed by atoms with Gasteiger partial charge in [-0.1, -0.05) is 43.7 Å². The van der Waals surface area contributed by atoms with Crippen LogP contribution in [0.5, 0.6) is 0 Å². The smallest absolute Gasteiger partial charge is 0.0392 e. The van der Waals surface area contributed by atoms with Gasteiger partial charge >= 0.3 is 0 Å². The molecule has 0 saturated heterocycles. The predicted octanol–water partition coefficient (Wildman–Crippen LogP) is 3.30. The number of nitrogens with zero attached hydrogens (tertiary/aromatic N) is 1. The largest absolute Gasteiger partial charge is 0.289 e. The summed E-state index contributed by atoms with van der Waals surface area (Å²) in [4.78, 5) is 4.50. The lowest BCUT2D eigenvalue weighted by molar-refractivity contribution is 0.808. The van der Waals surface area contributed by atoms with Gasteiger partial charge in [0.1, 0.15) is 0 Å². The van der Waals surface area contributed by atoms with E-state index in [0.29, 0.717) is 0 Å². The summed E-state index contributed by atoms with van der Waals surface area (Å²) in [5.74, 6) is 0. The molecule has 0 bridgehead atoms. The predicted molar refractivity (Wildman–Crippen MR) is 58.4 cm³/mol. The van der Waals surface area contributed by atoms with Crippen LogP contribution < -0.4 is 0 Å². The Morgan fingerprint density at radius 3 is 2.54 bits per heavy atom. The second kappa shape index (κ2) is 5.52. The zero-order valence-electron chi connectivity index (χ0n) is 8.46. The maximum absolute atomic E-state index is 4.50. The van der Waals surface area contributed by atoms with Crippen LogP contribution in [0.25, 0.3) is 0 Å². The molecular formula is C12H17N. The Bertz CT molecular complexity index is 262. The van der Waals surface area contributed by atoms with Crippen molar-refractivity contribution >= 4 is 5.71 Å². The van der Waals surface area contributed by atoms with Crippen molar-refractivity contribution in [3.05, 3.63) is 35.9 Å². The maximum atomic E-state index is 4.50. The van der Waals surface area contributed by atoms with Crippen molar-refractivity contribution in [1.29, 1.82) is 0 Å². The molecule has 1 aromatic rings. The van der Waals surface area contributed by atoms with Crippen molar-refractivity contribution < 1.29 is 0 Å². The molecule has 0 saturated carbocycles. The van der Waals surface area contributed by atoms with Crippen LogP contribution in [-0.4, -0.2) is 12.3 Å². The molecule has 0 amide bonds. The molecule has 0 heterocycles. The van der Waals surface area contributed by atoms with Gasteiger partial charge in [0, 0.05) is 12.3 Å². The third kappa shape index (κ3) is 3.41. The first-order valence-electron chi connectivity index (χ1n) is 4.91. The van der Waals surface area contributed by atoms with Crippen molar-refractivity contribution in [3.8, 4) is 0 Å². The van der Waals surface area contributed by atoms with Crippen LogP contribution in [0.3, 0.4) is 0 Å². The van der Waals surface area contributed by atoms with E-state index in [9.17, 15) is 0 Å². The topological polar surface area (TPSA) is 12.4 Å². The minimum Gasteiger partial charge on any atom is -0.289 e. The summed E-state index contributed by atoms with van der Waals surface area (Å²) in [6.07, 6.45) is 2.40. The van der Waals surface area contributed by atoms with E-state index in [4.69, 9.17) is 0 Å². The quantitative estimate of drug-likeness (QED) is 0.492. The third-order valence-electron chi connectivity index (χ3n) is 2.05. The van der Waals surface area contributed by atoms with Gasteiger partial charge in [0.05, 0.1) is 0 Å². The highest BCUT2D eigenvalue weighted by atomic mass is 14.7. The van der Waals surface area contributed by atoms with Gasteiger partial charge in [-0.15, -0.1) is 0 Å². The molecule has 0 aliphatic carbocycles. The van der Waals surface area contributed by atoms with Crippen molar-refractivity contribution in [2.45, 2.75) is 26.7 Å². The molecule has 0 aromatic heterocycles. The van der Waals surface area contributed by atoms with E-state index >= 15 is 0 Å². The summed E-state index contributed by atoms with van der Waals surface area (Å²) >= 11 is 0. The van der Waals surface area contributed by atoms with E-state index in [1.807, 2.05) is 18.2 Å². The molecule has 0 aliphatic rings. The van der Waals surface area contributed by atoms with Crippen LogP contribution in [0, 0.1) is 0 Å². The van der Waals surface area contributed by atoms with E-state index in [-0.39, 0.29) is 0 Å². The van der Waals surface area contributed by atoms with E-state index < -0.39 is 0 Å². The van der Waals surface area contributed by atoms with Gasteiger partial charge < -0.3 is 0 Å². The lowest BCUT2D eigenvalue weighted by Gasteiger charge is -1.99. The summed E-state index contributed by atoms with van der Waals surface area (Å²) in [6, 6.07) is 10.3. The average molecular weight is 175 g/mol. The molecule has 0 unspecified atom stereocenters. The number of unbranched alkanes of at least 4 members (excludes halogenated alkanes) is 1. The average Bonchev–Trinajstić information content (AvgIpc) is 2.19. The molecule has 0 aliphatic heterocycles. The molecule has 1 heteroatoms. The van der Waals surface area contributed by atoms with E-state index in [0.717, 1.165) is 12.3 Å². The SMILES string of the molecule is CCCC/N=C(/C)c1ccccc1. The fourth-order valence-electron chi connectivity index (χ4n) is 1.18. The Balaban J connectivity index is 2.57. The zero-order chi connectivity index (χ0) is 9.52. The van der Waals surface area contributed by atoms with E-state index in [1.54, 1.807) is 0 Å². The minimum absolute atomic E-state index is 0.956.